The maximum Gasteiger partial charge on any atom is 0.433 e. The molecule has 31 heavy (non-hydrogen) atoms. The van der Waals surface area contributed by atoms with Crippen molar-refractivity contribution in [3.05, 3.63) is 17.5 Å². The Hall–Kier alpha value is -1.72. The molecule has 0 bridgehead atoms. The van der Waals surface area contributed by atoms with E-state index in [1.165, 1.54) is 0 Å². The fraction of sp³-hybridized carbons (Fsp3) is 0.737. The van der Waals surface area contributed by atoms with Crippen molar-refractivity contribution in [2.75, 3.05) is 5.33 Å². The van der Waals surface area contributed by atoms with Gasteiger partial charge in [-0.15, -0.1) is 0 Å². The smallest absolute Gasteiger partial charge is 0.433 e. The highest BCUT2D eigenvalue weighted by atomic mass is 79.9. The molecule has 1 atom stereocenters. The van der Waals surface area contributed by atoms with Crippen molar-refractivity contribution >= 4 is 27.9 Å². The van der Waals surface area contributed by atoms with Gasteiger partial charge in [-0.05, 0) is 47.6 Å². The highest BCUT2D eigenvalue weighted by molar-refractivity contribution is 9.09. The highest BCUT2D eigenvalue weighted by Crippen LogP contribution is 2.55. The summed E-state index contributed by atoms with van der Waals surface area (Å²) in [7, 11) is 0. The van der Waals surface area contributed by atoms with Crippen molar-refractivity contribution in [2.24, 2.45) is 0 Å². The summed E-state index contributed by atoms with van der Waals surface area (Å²) in [6, 6.07) is 0.565. The number of esters is 2. The molecule has 12 heteroatoms. The standard InChI is InChI=1S/C13H15F5N2O2.C6H11BrO2/c1-11(2,3)22-10(21)6-20-9(13(16,17)18)4-8(19-20)7-5-12(7,14)15;1-6(2,3)9-5(8)4-7/h4,7H,5-6H2,1-3H3;4H2,1-3H3. The summed E-state index contributed by atoms with van der Waals surface area (Å²) < 4.78 is 74.9. The molecule has 178 valence electrons. The summed E-state index contributed by atoms with van der Waals surface area (Å²) in [4.78, 5) is 22.2. The summed E-state index contributed by atoms with van der Waals surface area (Å²) in [6.07, 6.45) is -5.33. The third kappa shape index (κ3) is 9.53. The summed E-state index contributed by atoms with van der Waals surface area (Å²) in [5.41, 5.74) is -2.82. The Morgan fingerprint density at radius 2 is 1.55 bits per heavy atom. The third-order valence-electron chi connectivity index (χ3n) is 3.50. The van der Waals surface area contributed by atoms with Crippen LogP contribution in [0.2, 0.25) is 0 Å². The third-order valence-corrected chi connectivity index (χ3v) is 3.96. The number of alkyl halides is 6. The lowest BCUT2D eigenvalue weighted by Crippen LogP contribution is -2.28. The van der Waals surface area contributed by atoms with Crippen LogP contribution in [0.3, 0.4) is 0 Å². The quantitative estimate of drug-likeness (QED) is 0.314. The first-order chi connectivity index (χ1) is 13.7. The van der Waals surface area contributed by atoms with E-state index in [1.54, 1.807) is 20.8 Å². The zero-order valence-corrected chi connectivity index (χ0v) is 19.7. The fourth-order valence-corrected chi connectivity index (χ4v) is 2.47. The number of nitrogens with zero attached hydrogens (tertiary/aromatic N) is 2. The molecule has 1 aromatic heterocycles. The average Bonchev–Trinajstić information content (AvgIpc) is 2.96. The second kappa shape index (κ2) is 9.41. The normalized spacial score (nSPS) is 18.0. The van der Waals surface area contributed by atoms with Gasteiger partial charge < -0.3 is 9.47 Å². The molecule has 1 aromatic rings. The predicted octanol–water partition coefficient (Wildman–Crippen LogP) is 5.09. The number of carbonyl (C=O) groups excluding carboxylic acids is 2. The van der Waals surface area contributed by atoms with Crippen LogP contribution in [-0.4, -0.2) is 44.2 Å². The van der Waals surface area contributed by atoms with Crippen molar-refractivity contribution in [2.45, 2.75) is 83.7 Å². The molecule has 1 unspecified atom stereocenters. The van der Waals surface area contributed by atoms with Crippen LogP contribution >= 0.6 is 15.9 Å². The SMILES string of the molecule is CC(C)(C)OC(=O)CBr.CC(C)(C)OC(=O)Cn1nc(C2CC2(F)F)cc1C(F)(F)F. The Bertz CT molecular complexity index is 795. The number of hydrogen-bond acceptors (Lipinski definition) is 5. The van der Waals surface area contributed by atoms with Gasteiger partial charge in [-0.3, -0.25) is 9.59 Å². The van der Waals surface area contributed by atoms with E-state index < -0.39 is 48.2 Å². The molecule has 0 aromatic carbocycles. The van der Waals surface area contributed by atoms with E-state index in [0.29, 0.717) is 10.7 Å². The van der Waals surface area contributed by atoms with Crippen LogP contribution in [0.5, 0.6) is 0 Å². The Labute approximate surface area is 185 Å². The topological polar surface area (TPSA) is 70.4 Å². The van der Waals surface area contributed by atoms with Gasteiger partial charge in [-0.2, -0.15) is 18.3 Å². The predicted molar refractivity (Wildman–Crippen MR) is 105 cm³/mol. The molecular weight excluding hydrogens is 495 g/mol. The Kier molecular flexibility index (Phi) is 8.30. The van der Waals surface area contributed by atoms with E-state index in [9.17, 15) is 31.5 Å². The maximum atomic E-state index is 13.0. The molecule has 0 aliphatic heterocycles. The molecule has 0 spiro atoms. The first-order valence-electron chi connectivity index (χ1n) is 9.27. The number of hydrogen-bond donors (Lipinski definition) is 0. The van der Waals surface area contributed by atoms with Gasteiger partial charge in [0.25, 0.3) is 5.92 Å². The van der Waals surface area contributed by atoms with Crippen LogP contribution < -0.4 is 0 Å². The maximum absolute atomic E-state index is 13.0. The molecule has 0 amide bonds. The van der Waals surface area contributed by atoms with Crippen LogP contribution in [0.25, 0.3) is 0 Å². The van der Waals surface area contributed by atoms with E-state index in [4.69, 9.17) is 9.47 Å². The van der Waals surface area contributed by atoms with Gasteiger partial charge in [0.1, 0.15) is 28.8 Å². The molecule has 0 saturated heterocycles. The molecular formula is C19H26BrF5N2O4. The second-order valence-corrected chi connectivity index (χ2v) is 9.49. The van der Waals surface area contributed by atoms with Crippen molar-refractivity contribution in [3.63, 3.8) is 0 Å². The van der Waals surface area contributed by atoms with Crippen molar-refractivity contribution in [3.8, 4) is 0 Å². The fourth-order valence-electron chi connectivity index (χ4n) is 2.35. The molecule has 1 fully saturated rings. The summed E-state index contributed by atoms with van der Waals surface area (Å²) in [5.74, 6) is -5.50. The Morgan fingerprint density at radius 1 is 1.10 bits per heavy atom. The zero-order valence-electron chi connectivity index (χ0n) is 18.1. The van der Waals surface area contributed by atoms with Crippen LogP contribution in [0.1, 0.15) is 65.3 Å². The number of halogens is 6. The molecule has 2 rings (SSSR count). The van der Waals surface area contributed by atoms with Crippen LogP contribution in [0.15, 0.2) is 6.07 Å². The van der Waals surface area contributed by atoms with Gasteiger partial charge >= 0.3 is 18.1 Å². The first-order valence-corrected chi connectivity index (χ1v) is 10.4. The zero-order chi connectivity index (χ0) is 24.4. The number of ether oxygens (including phenoxy) is 2. The van der Waals surface area contributed by atoms with Crippen LogP contribution in [0, 0.1) is 0 Å². The van der Waals surface area contributed by atoms with Gasteiger partial charge in [0.2, 0.25) is 0 Å². The van der Waals surface area contributed by atoms with Gasteiger partial charge in [0, 0.05) is 6.42 Å². The molecule has 6 nitrogen and oxygen atoms in total. The highest BCUT2D eigenvalue weighted by Gasteiger charge is 2.59. The first kappa shape index (κ1) is 27.3. The lowest BCUT2D eigenvalue weighted by atomic mass is 10.2. The van der Waals surface area contributed by atoms with E-state index in [2.05, 4.69) is 21.0 Å². The van der Waals surface area contributed by atoms with E-state index >= 15 is 0 Å². The molecule has 1 aliphatic rings. The van der Waals surface area contributed by atoms with E-state index in [-0.39, 0.29) is 22.6 Å². The Balaban J connectivity index is 0.000000452. The number of carbonyl (C=O) groups is 2. The molecule has 0 N–H and O–H groups in total. The summed E-state index contributed by atoms with van der Waals surface area (Å²) in [6.45, 7) is 9.43. The van der Waals surface area contributed by atoms with Crippen molar-refractivity contribution in [1.29, 1.82) is 0 Å². The minimum atomic E-state index is -4.79. The van der Waals surface area contributed by atoms with Gasteiger partial charge in [-0.25, -0.2) is 13.5 Å². The summed E-state index contributed by atoms with van der Waals surface area (Å²) in [5, 5.41) is 3.79. The van der Waals surface area contributed by atoms with Crippen LogP contribution in [0.4, 0.5) is 22.0 Å². The minimum Gasteiger partial charge on any atom is -0.459 e. The number of aromatic nitrogens is 2. The largest absolute Gasteiger partial charge is 0.459 e. The lowest BCUT2D eigenvalue weighted by molar-refractivity contribution is -0.158. The molecule has 1 heterocycles. The summed E-state index contributed by atoms with van der Waals surface area (Å²) >= 11 is 2.99. The molecule has 0 radical (unpaired) electrons. The average molecular weight is 521 g/mol. The van der Waals surface area contributed by atoms with Crippen molar-refractivity contribution in [1.82, 2.24) is 9.78 Å². The Morgan fingerprint density at radius 3 is 1.87 bits per heavy atom. The molecule has 1 saturated carbocycles. The minimum absolute atomic E-state index is 0.220. The lowest BCUT2D eigenvalue weighted by Gasteiger charge is -2.20. The van der Waals surface area contributed by atoms with E-state index in [1.807, 2.05) is 20.8 Å². The number of rotatable bonds is 4. The van der Waals surface area contributed by atoms with Gasteiger partial charge in [0.15, 0.2) is 0 Å². The van der Waals surface area contributed by atoms with E-state index in [0.717, 1.165) is 0 Å². The second-order valence-electron chi connectivity index (χ2n) is 8.93. The van der Waals surface area contributed by atoms with Gasteiger partial charge in [-0.1, -0.05) is 15.9 Å². The van der Waals surface area contributed by atoms with Gasteiger partial charge in [0.05, 0.1) is 11.6 Å². The van der Waals surface area contributed by atoms with Crippen LogP contribution in [-0.2, 0) is 31.8 Å². The monoisotopic (exact) mass is 520 g/mol. The molecule has 1 aliphatic carbocycles. The van der Waals surface area contributed by atoms with Crippen molar-refractivity contribution < 1.29 is 41.0 Å².